The van der Waals surface area contributed by atoms with E-state index in [1.807, 2.05) is 62.4 Å². The summed E-state index contributed by atoms with van der Waals surface area (Å²) >= 11 is 0. The molecule has 0 saturated carbocycles. The third-order valence-electron chi connectivity index (χ3n) is 5.84. The molecule has 7 nitrogen and oxygen atoms in total. The van der Waals surface area contributed by atoms with E-state index in [2.05, 4.69) is 5.32 Å². The third-order valence-corrected chi connectivity index (χ3v) is 5.84. The minimum atomic E-state index is -1.16. The van der Waals surface area contributed by atoms with E-state index in [1.165, 1.54) is 0 Å². The molecule has 7 heteroatoms. The van der Waals surface area contributed by atoms with Crippen LogP contribution in [0.4, 0.5) is 0 Å². The molecule has 0 amide bonds. The number of nitro groups is 2. The van der Waals surface area contributed by atoms with Crippen LogP contribution >= 0.6 is 0 Å². The van der Waals surface area contributed by atoms with Crippen molar-refractivity contribution in [1.82, 2.24) is 5.32 Å². The third kappa shape index (κ3) is 3.49. The number of hydrogen-bond donors (Lipinski definition) is 1. The molecule has 1 heterocycles. The zero-order valence-corrected chi connectivity index (χ0v) is 16.5. The summed E-state index contributed by atoms with van der Waals surface area (Å²) in [7, 11) is 0. The Balaban J connectivity index is 2.14. The van der Waals surface area contributed by atoms with Crippen LogP contribution in [-0.4, -0.2) is 21.9 Å². The van der Waals surface area contributed by atoms with E-state index < -0.39 is 29.6 Å². The molecule has 1 fully saturated rings. The summed E-state index contributed by atoms with van der Waals surface area (Å²) in [5.41, 5.74) is 2.46. The van der Waals surface area contributed by atoms with Crippen molar-refractivity contribution in [2.75, 3.05) is 0 Å². The molecule has 1 N–H and O–H groups in total. The molecule has 28 heavy (non-hydrogen) atoms. The Bertz CT molecular complexity index is 806. The highest BCUT2D eigenvalue weighted by Gasteiger charge is 2.62. The number of rotatable bonds is 4. The topological polar surface area (TPSA) is 98.3 Å². The van der Waals surface area contributed by atoms with Gasteiger partial charge >= 0.3 is 0 Å². The van der Waals surface area contributed by atoms with Crippen LogP contribution in [0.15, 0.2) is 48.5 Å². The number of nitrogens with zero attached hydrogens (tertiary/aromatic N) is 2. The largest absolute Gasteiger partial charge is 0.291 e. The van der Waals surface area contributed by atoms with Crippen LogP contribution in [0.1, 0.15) is 48.2 Å². The predicted octanol–water partition coefficient (Wildman–Crippen LogP) is 4.01. The number of aryl methyl sites for hydroxylation is 2. The van der Waals surface area contributed by atoms with Crippen LogP contribution in [0.5, 0.6) is 0 Å². The van der Waals surface area contributed by atoms with Crippen molar-refractivity contribution in [3.05, 3.63) is 91.0 Å². The normalized spacial score (nSPS) is 26.6. The summed E-state index contributed by atoms with van der Waals surface area (Å²) in [6.45, 7) is 7.17. The first-order valence-electron chi connectivity index (χ1n) is 9.29. The van der Waals surface area contributed by atoms with Gasteiger partial charge in [0.1, 0.15) is 17.5 Å². The number of benzene rings is 2. The van der Waals surface area contributed by atoms with Crippen LogP contribution in [0, 0.1) is 39.5 Å². The minimum Gasteiger partial charge on any atom is -0.291 e. The van der Waals surface area contributed by atoms with E-state index in [1.54, 1.807) is 13.8 Å². The summed E-state index contributed by atoms with van der Waals surface area (Å²) in [6.07, 6.45) is 0. The molecule has 148 valence electrons. The zero-order chi connectivity index (χ0) is 20.6. The fraction of sp³-hybridized carbons (Fsp3) is 0.429. The lowest BCUT2D eigenvalue weighted by Gasteiger charge is -2.44. The number of piperidine rings is 1. The van der Waals surface area contributed by atoms with Crippen molar-refractivity contribution >= 4 is 0 Å². The van der Waals surface area contributed by atoms with Gasteiger partial charge in [0, 0.05) is 9.85 Å². The second-order valence-corrected chi connectivity index (χ2v) is 8.23. The van der Waals surface area contributed by atoms with Crippen LogP contribution in [0.2, 0.25) is 0 Å². The molecule has 0 aromatic heterocycles. The smallest absolute Gasteiger partial charge is 0.243 e. The lowest BCUT2D eigenvalue weighted by molar-refractivity contribution is -0.605. The molecule has 4 atom stereocenters. The first-order chi connectivity index (χ1) is 13.1. The van der Waals surface area contributed by atoms with Gasteiger partial charge < -0.3 is 0 Å². The van der Waals surface area contributed by atoms with E-state index in [0.717, 1.165) is 22.3 Å². The van der Waals surface area contributed by atoms with E-state index in [-0.39, 0.29) is 9.85 Å². The lowest BCUT2D eigenvalue weighted by atomic mass is 9.66. The highest BCUT2D eigenvalue weighted by atomic mass is 16.6. The molecule has 2 aromatic rings. The molecule has 2 aromatic carbocycles. The second-order valence-electron chi connectivity index (χ2n) is 8.23. The maximum atomic E-state index is 12.0. The van der Waals surface area contributed by atoms with Gasteiger partial charge in [-0.2, -0.15) is 0 Å². The van der Waals surface area contributed by atoms with Gasteiger partial charge in [-0.15, -0.1) is 0 Å². The Kier molecular flexibility index (Phi) is 5.21. The van der Waals surface area contributed by atoms with E-state index in [9.17, 15) is 20.2 Å². The molecule has 3 rings (SSSR count). The second kappa shape index (κ2) is 7.31. The molecule has 0 spiro atoms. The van der Waals surface area contributed by atoms with Gasteiger partial charge in [-0.1, -0.05) is 59.7 Å². The summed E-state index contributed by atoms with van der Waals surface area (Å²) in [5.74, 6) is 0. The first-order valence-corrected chi connectivity index (χ1v) is 9.29. The van der Waals surface area contributed by atoms with Crippen molar-refractivity contribution in [3.8, 4) is 0 Å². The fourth-order valence-corrected chi connectivity index (χ4v) is 4.30. The average Bonchev–Trinajstić information content (AvgIpc) is 2.60. The molecule has 1 aliphatic rings. The van der Waals surface area contributed by atoms with Crippen LogP contribution < -0.4 is 5.32 Å². The Hall–Kier alpha value is -2.80. The van der Waals surface area contributed by atoms with Crippen molar-refractivity contribution in [2.24, 2.45) is 5.41 Å². The molecule has 0 radical (unpaired) electrons. The Morgan fingerprint density at radius 2 is 1.07 bits per heavy atom. The van der Waals surface area contributed by atoms with E-state index in [4.69, 9.17) is 0 Å². The van der Waals surface area contributed by atoms with Crippen LogP contribution in [0.25, 0.3) is 0 Å². The zero-order valence-electron chi connectivity index (χ0n) is 16.5. The predicted molar refractivity (Wildman–Crippen MR) is 106 cm³/mol. The minimum absolute atomic E-state index is 0.376. The SMILES string of the molecule is Cc1ccc([C@H]2N[C@@H](c3ccc(C)cc3)[C@H]([N+](=O)[O-])C(C)(C)[C@H]2[N+](=O)[O-])cc1. The van der Waals surface area contributed by atoms with Gasteiger partial charge in [0.2, 0.25) is 12.1 Å². The average molecular weight is 383 g/mol. The molecule has 1 aliphatic heterocycles. The maximum Gasteiger partial charge on any atom is 0.243 e. The van der Waals surface area contributed by atoms with E-state index in [0.29, 0.717) is 0 Å². The molecular weight excluding hydrogens is 358 g/mol. The van der Waals surface area contributed by atoms with E-state index >= 15 is 0 Å². The quantitative estimate of drug-likeness (QED) is 0.635. The van der Waals surface area contributed by atoms with Crippen molar-refractivity contribution in [1.29, 1.82) is 0 Å². The molecule has 1 saturated heterocycles. The summed E-state index contributed by atoms with van der Waals surface area (Å²) in [5, 5.41) is 27.3. The Morgan fingerprint density at radius 1 is 0.750 bits per heavy atom. The molecule has 0 bridgehead atoms. The highest BCUT2D eigenvalue weighted by Crippen LogP contribution is 2.46. The Morgan fingerprint density at radius 3 is 1.36 bits per heavy atom. The van der Waals surface area contributed by atoms with Crippen molar-refractivity contribution in [3.63, 3.8) is 0 Å². The van der Waals surface area contributed by atoms with Crippen molar-refractivity contribution in [2.45, 2.75) is 51.9 Å². The lowest BCUT2D eigenvalue weighted by Crippen LogP contribution is -2.63. The number of nitrogens with one attached hydrogen (secondary N) is 1. The monoisotopic (exact) mass is 383 g/mol. The van der Waals surface area contributed by atoms with Gasteiger partial charge in [0.15, 0.2) is 0 Å². The first kappa shape index (κ1) is 19.9. The standard InChI is InChI=1S/C21H25N3O4/c1-13-5-9-15(10-6-13)17-19(23(25)26)21(3,4)20(24(27)28)18(22-17)16-11-7-14(2)8-12-16/h5-12,17-20,22H,1-4H3/t17-,18+,19-,20-/m0/s1. The van der Waals surface area contributed by atoms with Crippen LogP contribution in [0.3, 0.4) is 0 Å². The van der Waals surface area contributed by atoms with Gasteiger partial charge in [-0.25, -0.2) is 0 Å². The molecule has 0 aliphatic carbocycles. The molecular formula is C21H25N3O4. The number of hydrogen-bond acceptors (Lipinski definition) is 5. The summed E-state index contributed by atoms with van der Waals surface area (Å²) in [4.78, 5) is 23.3. The van der Waals surface area contributed by atoms with Gasteiger partial charge in [0.25, 0.3) is 0 Å². The molecule has 0 unspecified atom stereocenters. The van der Waals surface area contributed by atoms with Gasteiger partial charge in [-0.05, 0) is 38.8 Å². The fourth-order valence-electron chi connectivity index (χ4n) is 4.30. The summed E-state index contributed by atoms with van der Waals surface area (Å²) < 4.78 is 0. The van der Waals surface area contributed by atoms with Gasteiger partial charge in [-0.3, -0.25) is 25.5 Å². The van der Waals surface area contributed by atoms with Gasteiger partial charge in [0.05, 0.1) is 0 Å². The van der Waals surface area contributed by atoms with Crippen LogP contribution in [-0.2, 0) is 0 Å². The van der Waals surface area contributed by atoms with Crippen molar-refractivity contribution < 1.29 is 9.85 Å². The Labute approximate surface area is 164 Å². The highest BCUT2D eigenvalue weighted by molar-refractivity contribution is 5.31. The maximum absolute atomic E-state index is 12.0. The summed E-state index contributed by atoms with van der Waals surface area (Å²) in [6, 6.07) is 11.5.